The highest BCUT2D eigenvalue weighted by Crippen LogP contribution is 2.44. The average molecular weight is 367 g/mol. The smallest absolute Gasteiger partial charge is 0.395 e. The molecule has 17 heavy (non-hydrogen) atoms. The minimum atomic E-state index is -3.61. The van der Waals surface area contributed by atoms with Crippen molar-refractivity contribution in [1.82, 2.24) is 4.98 Å². The molecule has 0 atom stereocenters. The fourth-order valence-corrected chi connectivity index (χ4v) is 2.32. The van der Waals surface area contributed by atoms with Gasteiger partial charge in [0, 0.05) is 22.1 Å². The third kappa shape index (κ3) is 1.77. The zero-order chi connectivity index (χ0) is 12.2. The molecular weight excluding hydrogens is 364 g/mol. The van der Waals surface area contributed by atoms with Crippen LogP contribution in [0.2, 0.25) is 0 Å². The highest BCUT2D eigenvalue weighted by Gasteiger charge is 2.43. The molecule has 0 bridgehead atoms. The average Bonchev–Trinajstić information content (AvgIpc) is 2.54. The first kappa shape index (κ1) is 11.2. The van der Waals surface area contributed by atoms with Gasteiger partial charge in [-0.1, -0.05) is 0 Å². The quantitative estimate of drug-likeness (QED) is 0.704. The van der Waals surface area contributed by atoms with E-state index in [-0.39, 0.29) is 11.5 Å². The molecule has 88 valence electrons. The Bertz CT molecular complexity index is 633. The third-order valence-electron chi connectivity index (χ3n) is 2.28. The van der Waals surface area contributed by atoms with Gasteiger partial charge in [0.25, 0.3) is 0 Å². The van der Waals surface area contributed by atoms with Gasteiger partial charge >= 0.3 is 6.29 Å². The number of benzene rings is 1. The first-order valence-corrected chi connectivity index (χ1v) is 6.08. The molecule has 3 nitrogen and oxygen atoms in total. The van der Waals surface area contributed by atoms with Crippen LogP contribution in [-0.4, -0.2) is 11.3 Å². The predicted octanol–water partition coefficient (Wildman–Crippen LogP) is 4.08. The lowest BCUT2D eigenvalue weighted by atomic mass is 10.2. The lowest BCUT2D eigenvalue weighted by Gasteiger charge is -2.04. The summed E-state index contributed by atoms with van der Waals surface area (Å²) in [5, 5.41) is 0.666. The Morgan fingerprint density at radius 3 is 2.47 bits per heavy atom. The highest BCUT2D eigenvalue weighted by atomic mass is 79.9. The van der Waals surface area contributed by atoms with Crippen LogP contribution < -0.4 is 9.47 Å². The van der Waals surface area contributed by atoms with Crippen molar-refractivity contribution in [2.75, 3.05) is 0 Å². The second-order valence-electron chi connectivity index (χ2n) is 3.40. The summed E-state index contributed by atoms with van der Waals surface area (Å²) < 4.78 is 35.9. The Morgan fingerprint density at radius 2 is 1.76 bits per heavy atom. The highest BCUT2D eigenvalue weighted by molar-refractivity contribution is 9.13. The topological polar surface area (TPSA) is 31.4 Å². The van der Waals surface area contributed by atoms with Gasteiger partial charge < -0.3 is 9.47 Å². The van der Waals surface area contributed by atoms with Crippen LogP contribution >= 0.6 is 31.9 Å². The van der Waals surface area contributed by atoms with E-state index in [1.807, 2.05) is 0 Å². The minimum Gasteiger partial charge on any atom is -0.395 e. The number of aromatic nitrogens is 1. The van der Waals surface area contributed by atoms with Crippen LogP contribution in [0.1, 0.15) is 0 Å². The van der Waals surface area contributed by atoms with Crippen LogP contribution in [0.5, 0.6) is 11.5 Å². The van der Waals surface area contributed by atoms with Crippen molar-refractivity contribution in [3.05, 3.63) is 27.3 Å². The maximum absolute atomic E-state index is 12.9. The van der Waals surface area contributed by atoms with Crippen LogP contribution in [0.4, 0.5) is 8.78 Å². The molecule has 0 saturated carbocycles. The molecule has 0 spiro atoms. The van der Waals surface area contributed by atoms with Gasteiger partial charge in [0.1, 0.15) is 0 Å². The zero-order valence-corrected chi connectivity index (χ0v) is 11.2. The summed E-state index contributed by atoms with van der Waals surface area (Å²) in [4.78, 5) is 4.11. The van der Waals surface area contributed by atoms with Crippen molar-refractivity contribution >= 4 is 42.8 Å². The number of hydrogen-bond donors (Lipinski definition) is 0. The summed E-state index contributed by atoms with van der Waals surface area (Å²) in [6.07, 6.45) is -2.03. The Morgan fingerprint density at radius 1 is 1.12 bits per heavy atom. The van der Waals surface area contributed by atoms with E-state index in [0.717, 1.165) is 8.95 Å². The number of nitrogens with zero attached hydrogens (tertiary/aromatic N) is 1. The van der Waals surface area contributed by atoms with Gasteiger partial charge in [-0.15, -0.1) is 8.78 Å². The Balaban J connectivity index is 2.27. The normalized spacial score (nSPS) is 16.5. The number of ether oxygens (including phenoxy) is 2. The summed E-state index contributed by atoms with van der Waals surface area (Å²) in [6, 6.07) is 2.89. The van der Waals surface area contributed by atoms with E-state index in [2.05, 4.69) is 46.3 Å². The van der Waals surface area contributed by atoms with Crippen LogP contribution in [0.25, 0.3) is 10.9 Å². The maximum Gasteiger partial charge on any atom is 0.586 e. The van der Waals surface area contributed by atoms with Gasteiger partial charge in [-0.05, 0) is 37.9 Å². The molecule has 7 heteroatoms. The molecule has 0 unspecified atom stereocenters. The van der Waals surface area contributed by atoms with Crippen LogP contribution in [-0.2, 0) is 0 Å². The molecule has 3 rings (SSSR count). The first-order chi connectivity index (χ1) is 7.96. The van der Waals surface area contributed by atoms with Crippen molar-refractivity contribution in [3.8, 4) is 11.5 Å². The molecule has 1 aromatic heterocycles. The predicted molar refractivity (Wildman–Crippen MR) is 63.3 cm³/mol. The summed E-state index contributed by atoms with van der Waals surface area (Å²) in [5.74, 6) is -0.00711. The van der Waals surface area contributed by atoms with Gasteiger partial charge in [-0.3, -0.25) is 4.98 Å². The first-order valence-electron chi connectivity index (χ1n) is 4.50. The van der Waals surface area contributed by atoms with Crippen molar-refractivity contribution < 1.29 is 18.3 Å². The molecule has 2 aromatic rings. The second-order valence-corrected chi connectivity index (χ2v) is 5.05. The largest absolute Gasteiger partial charge is 0.586 e. The fourth-order valence-electron chi connectivity index (χ4n) is 1.58. The molecule has 1 aliphatic rings. The number of fused-ring (bicyclic) bond motifs is 2. The Labute approximate surface area is 111 Å². The second kappa shape index (κ2) is 3.52. The van der Waals surface area contributed by atoms with Gasteiger partial charge in [0.2, 0.25) is 0 Å². The van der Waals surface area contributed by atoms with Gasteiger partial charge in [-0.2, -0.15) is 0 Å². The summed E-state index contributed by atoms with van der Waals surface area (Å²) in [7, 11) is 0. The standard InChI is InChI=1S/C10H3Br2F2NO2/c11-5-3-15-6-2-8-7(1-4(6)9(5)12)16-10(13,14)17-8/h1-3H. The lowest BCUT2D eigenvalue weighted by molar-refractivity contribution is -0.286. The maximum atomic E-state index is 12.9. The summed E-state index contributed by atoms with van der Waals surface area (Å²) >= 11 is 6.64. The molecule has 0 amide bonds. The van der Waals surface area contributed by atoms with Crippen LogP contribution in [0.15, 0.2) is 27.3 Å². The summed E-state index contributed by atoms with van der Waals surface area (Å²) in [6.45, 7) is 0. The van der Waals surface area contributed by atoms with E-state index in [9.17, 15) is 8.78 Å². The van der Waals surface area contributed by atoms with E-state index in [0.29, 0.717) is 10.9 Å². The van der Waals surface area contributed by atoms with Crippen molar-refractivity contribution in [2.24, 2.45) is 0 Å². The lowest BCUT2D eigenvalue weighted by Crippen LogP contribution is -2.25. The molecule has 2 heterocycles. The fraction of sp³-hybridized carbons (Fsp3) is 0.100. The monoisotopic (exact) mass is 365 g/mol. The molecule has 0 saturated heterocycles. The zero-order valence-electron chi connectivity index (χ0n) is 8.01. The SMILES string of the molecule is FC1(F)Oc2cc3ncc(Br)c(Br)c3cc2O1. The number of rotatable bonds is 0. The Hall–Kier alpha value is -0.950. The van der Waals surface area contributed by atoms with Gasteiger partial charge in [0.15, 0.2) is 11.5 Å². The van der Waals surface area contributed by atoms with E-state index in [1.54, 1.807) is 6.20 Å². The van der Waals surface area contributed by atoms with Gasteiger partial charge in [0.05, 0.1) is 9.99 Å². The van der Waals surface area contributed by atoms with E-state index < -0.39 is 6.29 Å². The molecule has 1 aliphatic heterocycles. The molecular formula is C10H3Br2F2NO2. The molecule has 0 radical (unpaired) electrons. The van der Waals surface area contributed by atoms with Crippen molar-refractivity contribution in [1.29, 1.82) is 0 Å². The molecule has 0 fully saturated rings. The number of alkyl halides is 2. The van der Waals surface area contributed by atoms with E-state index in [4.69, 9.17) is 0 Å². The van der Waals surface area contributed by atoms with E-state index >= 15 is 0 Å². The van der Waals surface area contributed by atoms with E-state index in [1.165, 1.54) is 12.1 Å². The molecule has 0 aliphatic carbocycles. The van der Waals surface area contributed by atoms with Crippen LogP contribution in [0.3, 0.4) is 0 Å². The Kier molecular flexibility index (Phi) is 2.31. The number of pyridine rings is 1. The van der Waals surface area contributed by atoms with Gasteiger partial charge in [-0.25, -0.2) is 0 Å². The molecule has 0 N–H and O–H groups in total. The van der Waals surface area contributed by atoms with Crippen molar-refractivity contribution in [3.63, 3.8) is 0 Å². The molecule has 1 aromatic carbocycles. The minimum absolute atomic E-state index is 0.00287. The van der Waals surface area contributed by atoms with Crippen molar-refractivity contribution in [2.45, 2.75) is 6.29 Å². The van der Waals surface area contributed by atoms with Crippen LogP contribution in [0, 0.1) is 0 Å². The third-order valence-corrected chi connectivity index (χ3v) is 4.27. The number of hydrogen-bond acceptors (Lipinski definition) is 3. The summed E-state index contributed by atoms with van der Waals surface area (Å²) in [5.41, 5.74) is 0.542. The number of halogens is 4.